The molecule has 0 radical (unpaired) electrons. The van der Waals surface area contributed by atoms with Crippen molar-refractivity contribution in [2.45, 2.75) is 25.9 Å². The van der Waals surface area contributed by atoms with E-state index < -0.39 is 15.6 Å². The zero-order chi connectivity index (χ0) is 14.1. The molecule has 0 bridgehead atoms. The Balaban J connectivity index is 1.91. The summed E-state index contributed by atoms with van der Waals surface area (Å²) in [7, 11) is -3.29. The quantitative estimate of drug-likeness (QED) is 0.862. The minimum atomic E-state index is -3.29. The highest BCUT2D eigenvalue weighted by Crippen LogP contribution is 2.30. The number of β-amino-alcohol motifs (C(OH)–C–C–N with tert-alkyl or cyclic N) is 1. The zero-order valence-electron chi connectivity index (χ0n) is 11.3. The lowest BCUT2D eigenvalue weighted by Crippen LogP contribution is -2.66. The number of pyridine rings is 1. The van der Waals surface area contributed by atoms with Gasteiger partial charge in [0.15, 0.2) is 0 Å². The molecule has 0 aliphatic carbocycles. The molecule has 2 heterocycles. The van der Waals surface area contributed by atoms with E-state index in [2.05, 4.69) is 4.98 Å². The fourth-order valence-electron chi connectivity index (χ4n) is 2.03. The molecule has 1 aromatic heterocycles. The van der Waals surface area contributed by atoms with Gasteiger partial charge < -0.3 is 5.11 Å². The summed E-state index contributed by atoms with van der Waals surface area (Å²) in [6.45, 7) is 4.21. The molecule has 5 nitrogen and oxygen atoms in total. The molecule has 6 heteroatoms. The van der Waals surface area contributed by atoms with Gasteiger partial charge in [-0.2, -0.15) is 4.31 Å². The van der Waals surface area contributed by atoms with Gasteiger partial charge in [-0.15, -0.1) is 0 Å². The number of aromatic nitrogens is 1. The van der Waals surface area contributed by atoms with Crippen molar-refractivity contribution in [2.75, 3.05) is 18.8 Å². The summed E-state index contributed by atoms with van der Waals surface area (Å²) in [4.78, 5) is 4.11. The van der Waals surface area contributed by atoms with Crippen molar-refractivity contribution in [3.05, 3.63) is 30.1 Å². The van der Waals surface area contributed by atoms with E-state index in [1.165, 1.54) is 4.31 Å². The summed E-state index contributed by atoms with van der Waals surface area (Å²) in [5, 5.41) is 10.1. The van der Waals surface area contributed by atoms with Crippen molar-refractivity contribution >= 4 is 10.0 Å². The predicted molar refractivity (Wildman–Crippen MR) is 73.1 cm³/mol. The van der Waals surface area contributed by atoms with E-state index in [4.69, 9.17) is 0 Å². The van der Waals surface area contributed by atoms with Crippen molar-refractivity contribution in [1.82, 2.24) is 9.29 Å². The van der Waals surface area contributed by atoms with Gasteiger partial charge in [0.25, 0.3) is 0 Å². The summed E-state index contributed by atoms with van der Waals surface area (Å²) in [5.41, 5.74) is -0.0938. The Bertz CT molecular complexity index is 522. The molecule has 1 aromatic rings. The van der Waals surface area contributed by atoms with Crippen LogP contribution in [-0.2, 0) is 16.4 Å². The highest BCUT2D eigenvalue weighted by atomic mass is 32.2. The van der Waals surface area contributed by atoms with Crippen molar-refractivity contribution in [3.63, 3.8) is 0 Å². The number of hydrogen-bond acceptors (Lipinski definition) is 4. The van der Waals surface area contributed by atoms with Crippen LogP contribution in [0, 0.1) is 5.92 Å². The van der Waals surface area contributed by atoms with Gasteiger partial charge in [0.05, 0.1) is 11.4 Å². The van der Waals surface area contributed by atoms with E-state index in [1.807, 2.05) is 26.0 Å². The summed E-state index contributed by atoms with van der Waals surface area (Å²) in [5.74, 6) is 0.104. The molecular formula is C13H20N2O3S. The topological polar surface area (TPSA) is 70.5 Å². The van der Waals surface area contributed by atoms with Crippen LogP contribution in [0.1, 0.15) is 19.5 Å². The largest absolute Gasteiger partial charge is 0.387 e. The average molecular weight is 284 g/mol. The molecule has 1 fully saturated rings. The third-order valence-corrected chi connectivity index (χ3v) is 5.48. The van der Waals surface area contributed by atoms with E-state index in [1.54, 1.807) is 12.3 Å². The lowest BCUT2D eigenvalue weighted by Gasteiger charge is -2.47. The molecule has 1 saturated heterocycles. The molecule has 106 valence electrons. The van der Waals surface area contributed by atoms with Crippen LogP contribution in [0.3, 0.4) is 0 Å². The number of nitrogens with zero attached hydrogens (tertiary/aromatic N) is 2. The molecule has 0 amide bonds. The predicted octanol–water partition coefficient (Wildman–Crippen LogP) is 0.657. The first kappa shape index (κ1) is 14.4. The second-order valence-electron chi connectivity index (χ2n) is 5.41. The maximum atomic E-state index is 12.1. The molecular weight excluding hydrogens is 264 g/mol. The van der Waals surface area contributed by atoms with Crippen LogP contribution in [0.4, 0.5) is 0 Å². The van der Waals surface area contributed by atoms with E-state index in [0.29, 0.717) is 6.42 Å². The second-order valence-corrected chi connectivity index (χ2v) is 7.50. The van der Waals surface area contributed by atoms with Crippen LogP contribution in [0.5, 0.6) is 0 Å². The van der Waals surface area contributed by atoms with Gasteiger partial charge in [0.2, 0.25) is 10.0 Å². The van der Waals surface area contributed by atoms with Gasteiger partial charge in [0, 0.05) is 31.4 Å². The highest BCUT2D eigenvalue weighted by molar-refractivity contribution is 7.89. The molecule has 1 aliphatic heterocycles. The Kier molecular flexibility index (Phi) is 3.94. The molecule has 0 atom stereocenters. The maximum absolute atomic E-state index is 12.1. The first-order chi connectivity index (χ1) is 8.83. The van der Waals surface area contributed by atoms with Crippen molar-refractivity contribution < 1.29 is 13.5 Å². The molecule has 0 saturated carbocycles. The number of sulfonamides is 1. The Morgan fingerprint density at radius 1 is 1.42 bits per heavy atom. The molecule has 0 spiro atoms. The van der Waals surface area contributed by atoms with Crippen LogP contribution in [0.15, 0.2) is 24.4 Å². The first-order valence-corrected chi connectivity index (χ1v) is 8.04. The minimum Gasteiger partial charge on any atom is -0.387 e. The Hall–Kier alpha value is -0.980. The van der Waals surface area contributed by atoms with Crippen LogP contribution in [-0.4, -0.2) is 47.3 Å². The van der Waals surface area contributed by atoms with E-state index in [0.717, 1.165) is 5.69 Å². The molecule has 19 heavy (non-hydrogen) atoms. The SMILES string of the molecule is CC(C)C1(O)CN(S(=O)(=O)CCc2ccccn2)C1. The minimum absolute atomic E-state index is 0.0399. The van der Waals surface area contributed by atoms with Gasteiger partial charge >= 0.3 is 0 Å². The van der Waals surface area contributed by atoms with Crippen LogP contribution in [0.2, 0.25) is 0 Å². The molecule has 0 unspecified atom stereocenters. The smallest absolute Gasteiger partial charge is 0.214 e. The summed E-state index contributed by atoms with van der Waals surface area (Å²) < 4.78 is 25.5. The first-order valence-electron chi connectivity index (χ1n) is 6.44. The lowest BCUT2D eigenvalue weighted by atomic mass is 9.85. The lowest BCUT2D eigenvalue weighted by molar-refractivity contribution is -0.0932. The van der Waals surface area contributed by atoms with Gasteiger partial charge in [-0.25, -0.2) is 8.42 Å². The van der Waals surface area contributed by atoms with E-state index >= 15 is 0 Å². The van der Waals surface area contributed by atoms with Crippen LogP contribution in [0.25, 0.3) is 0 Å². The average Bonchev–Trinajstić information content (AvgIpc) is 2.33. The normalized spacial score (nSPS) is 19.4. The van der Waals surface area contributed by atoms with E-state index in [-0.39, 0.29) is 24.8 Å². The number of hydrogen-bond donors (Lipinski definition) is 1. The molecule has 2 rings (SSSR count). The van der Waals surface area contributed by atoms with Gasteiger partial charge in [-0.05, 0) is 18.1 Å². The van der Waals surface area contributed by atoms with Crippen molar-refractivity contribution in [2.24, 2.45) is 5.92 Å². The van der Waals surface area contributed by atoms with Gasteiger partial charge in [0.1, 0.15) is 0 Å². The Morgan fingerprint density at radius 2 is 2.11 bits per heavy atom. The monoisotopic (exact) mass is 284 g/mol. The maximum Gasteiger partial charge on any atom is 0.214 e. The number of aryl methyl sites for hydroxylation is 1. The third-order valence-electron chi connectivity index (χ3n) is 3.71. The zero-order valence-corrected chi connectivity index (χ0v) is 12.1. The fraction of sp³-hybridized carbons (Fsp3) is 0.615. The standard InChI is InChI=1S/C13H20N2O3S/c1-11(2)13(16)9-15(10-13)19(17,18)8-6-12-5-3-4-7-14-12/h3-5,7,11,16H,6,8-10H2,1-2H3. The van der Waals surface area contributed by atoms with E-state index in [9.17, 15) is 13.5 Å². The van der Waals surface area contributed by atoms with Gasteiger partial charge in [-0.3, -0.25) is 4.98 Å². The molecule has 0 aromatic carbocycles. The summed E-state index contributed by atoms with van der Waals surface area (Å²) >= 11 is 0. The Labute approximate surface area is 114 Å². The van der Waals surface area contributed by atoms with Crippen LogP contribution >= 0.6 is 0 Å². The number of rotatable bonds is 5. The summed E-state index contributed by atoms with van der Waals surface area (Å²) in [6, 6.07) is 5.46. The molecule has 1 aliphatic rings. The third kappa shape index (κ3) is 3.13. The second kappa shape index (κ2) is 5.19. The highest BCUT2D eigenvalue weighted by Gasteiger charge is 2.48. The number of aliphatic hydroxyl groups is 1. The van der Waals surface area contributed by atoms with Crippen LogP contribution < -0.4 is 0 Å². The Morgan fingerprint density at radius 3 is 2.63 bits per heavy atom. The fourth-order valence-corrected chi connectivity index (χ4v) is 3.60. The summed E-state index contributed by atoms with van der Waals surface area (Å²) in [6.07, 6.45) is 2.06. The van der Waals surface area contributed by atoms with Crippen molar-refractivity contribution in [3.8, 4) is 0 Å². The molecule has 1 N–H and O–H groups in total. The van der Waals surface area contributed by atoms with Gasteiger partial charge in [-0.1, -0.05) is 19.9 Å². The van der Waals surface area contributed by atoms with Crippen molar-refractivity contribution in [1.29, 1.82) is 0 Å².